The van der Waals surface area contributed by atoms with Crippen molar-refractivity contribution in [1.82, 2.24) is 26.3 Å². The van der Waals surface area contributed by atoms with E-state index < -0.39 is 29.0 Å². The molecule has 0 spiro atoms. The lowest BCUT2D eigenvalue weighted by atomic mass is 10.00. The Bertz CT molecular complexity index is 3810. The highest BCUT2D eigenvalue weighted by Gasteiger charge is 2.23. The Morgan fingerprint density at radius 1 is 0.394 bits per heavy atom. The monoisotopic (exact) mass is 1350 g/mol. The van der Waals surface area contributed by atoms with Crippen LogP contribution >= 0.6 is 47.0 Å². The molecular formula is C67H71N9O14S4. The van der Waals surface area contributed by atoms with Crippen LogP contribution < -0.4 is 53.7 Å². The van der Waals surface area contributed by atoms with Crippen LogP contribution in [0, 0.1) is 5.41 Å². The SMILES string of the molecule is CC(C)(C)C(=O)Sc1cccc(C(=O)NCCC(N)=O)c1.COc1ccc(C(=O)Sc2ccccc2C(=O)NCCC(N)=O)cc1.COc1cccc(C(=O)Sc2ccccc2C(=O)NCCC(N)=O)c1.NC(=O)CCNC(=O)c1cccc(SC(=O)c2cccnc2)c1. The summed E-state index contributed by atoms with van der Waals surface area (Å²) < 4.78 is 10.2. The van der Waals surface area contributed by atoms with Crippen molar-refractivity contribution in [3.05, 3.63) is 209 Å². The maximum Gasteiger partial charge on any atom is 0.252 e. The van der Waals surface area contributed by atoms with Crippen molar-refractivity contribution in [3.63, 3.8) is 0 Å². The van der Waals surface area contributed by atoms with Gasteiger partial charge in [0.1, 0.15) is 11.5 Å². The number of benzene rings is 6. The minimum absolute atomic E-state index is 0.0359. The number of carbonyl (C=O) groups is 12. The lowest BCUT2D eigenvalue weighted by Crippen LogP contribution is -2.28. The number of aromatic nitrogens is 1. The summed E-state index contributed by atoms with van der Waals surface area (Å²) in [5, 5.41) is 9.95. The number of ether oxygens (including phenoxy) is 2. The predicted molar refractivity (Wildman–Crippen MR) is 361 cm³/mol. The number of hydrogen-bond acceptors (Lipinski definition) is 19. The van der Waals surface area contributed by atoms with Crippen LogP contribution in [-0.2, 0) is 24.0 Å². The minimum Gasteiger partial charge on any atom is -0.497 e. The van der Waals surface area contributed by atoms with Crippen molar-refractivity contribution in [1.29, 1.82) is 0 Å². The molecule has 7 rings (SSSR count). The molecule has 94 heavy (non-hydrogen) atoms. The first-order chi connectivity index (χ1) is 44.8. The largest absolute Gasteiger partial charge is 0.497 e. The van der Waals surface area contributed by atoms with E-state index in [-0.39, 0.29) is 96.0 Å². The van der Waals surface area contributed by atoms with Crippen LogP contribution in [0.2, 0.25) is 0 Å². The van der Waals surface area contributed by atoms with Crippen LogP contribution in [0.25, 0.3) is 0 Å². The zero-order chi connectivity index (χ0) is 69.2. The van der Waals surface area contributed by atoms with E-state index in [0.717, 1.165) is 51.9 Å². The van der Waals surface area contributed by atoms with Crippen LogP contribution in [0.15, 0.2) is 190 Å². The van der Waals surface area contributed by atoms with E-state index in [2.05, 4.69) is 26.3 Å². The van der Waals surface area contributed by atoms with Gasteiger partial charge in [-0.3, -0.25) is 62.5 Å². The summed E-state index contributed by atoms with van der Waals surface area (Å²) in [6, 6.07) is 44.1. The van der Waals surface area contributed by atoms with Gasteiger partial charge in [-0.05, 0) is 144 Å². The molecule has 0 aliphatic heterocycles. The highest BCUT2D eigenvalue weighted by atomic mass is 32.2. The molecule has 8 amide bonds. The summed E-state index contributed by atoms with van der Waals surface area (Å²) in [6.45, 7) is 6.23. The van der Waals surface area contributed by atoms with E-state index >= 15 is 0 Å². The number of amides is 8. The van der Waals surface area contributed by atoms with Crippen LogP contribution in [0.5, 0.6) is 11.5 Å². The Balaban J connectivity index is 0.000000268. The van der Waals surface area contributed by atoms with Crippen LogP contribution in [0.1, 0.15) is 119 Å². The molecule has 23 nitrogen and oxygen atoms in total. The first-order valence-corrected chi connectivity index (χ1v) is 31.8. The molecule has 0 saturated heterocycles. The van der Waals surface area contributed by atoms with Gasteiger partial charge in [-0.1, -0.05) is 81.1 Å². The Labute approximate surface area is 560 Å². The molecule has 0 bridgehead atoms. The summed E-state index contributed by atoms with van der Waals surface area (Å²) in [7, 11) is 3.08. The molecule has 6 aromatic carbocycles. The maximum absolute atomic E-state index is 12.5. The van der Waals surface area contributed by atoms with E-state index in [4.69, 9.17) is 32.4 Å². The molecule has 492 valence electrons. The van der Waals surface area contributed by atoms with Gasteiger partial charge >= 0.3 is 0 Å². The number of carbonyl (C=O) groups excluding carboxylic acids is 12. The second-order valence-electron chi connectivity index (χ2n) is 20.4. The molecule has 0 atom stereocenters. The van der Waals surface area contributed by atoms with Crippen LogP contribution in [-0.4, -0.2) is 113 Å². The first-order valence-electron chi connectivity index (χ1n) is 28.5. The Kier molecular flexibility index (Phi) is 32.5. The Hall–Kier alpha value is -10.1. The standard InChI is InChI=1S/2C18H18N2O4S.C16H15N3O3S.C15H20N2O3S/c1-24-13-6-4-5-12(11-13)18(23)25-15-8-3-2-7-14(15)17(22)20-10-9-16(19)21;1-24-13-8-6-12(7-9-13)18(23)25-15-5-3-2-4-14(15)17(22)20-11-10-16(19)21;17-14(20)6-8-19-15(21)11-3-1-5-13(9-11)23-16(22)12-4-2-7-18-10-12;1-15(2,3)14(20)21-11-6-4-5-10(9-11)13(19)17-8-7-12(16)18/h2-8,11H,9-10H2,1H3,(H2,19,21)(H,20,22);2-9H,10-11H2,1H3,(H2,19,21)(H,20,22);1-5,7,9-10H,6,8H2,(H2,17,20)(H,19,21);4-6,9H,7-8H2,1-3H3,(H2,16,18)(H,17,19). The number of methoxy groups -OCH3 is 2. The molecule has 12 N–H and O–H groups in total. The smallest absolute Gasteiger partial charge is 0.252 e. The summed E-state index contributed by atoms with van der Waals surface area (Å²) in [5.74, 6) is -1.99. The molecule has 1 aromatic heterocycles. The van der Waals surface area contributed by atoms with Crippen molar-refractivity contribution in [2.75, 3.05) is 40.4 Å². The van der Waals surface area contributed by atoms with Gasteiger partial charge in [0.2, 0.25) is 39.0 Å². The van der Waals surface area contributed by atoms with Gasteiger partial charge in [0.25, 0.3) is 23.6 Å². The summed E-state index contributed by atoms with van der Waals surface area (Å²) in [4.78, 5) is 146. The van der Waals surface area contributed by atoms with Crippen molar-refractivity contribution >= 4 is 115 Å². The molecule has 0 unspecified atom stereocenters. The maximum atomic E-state index is 12.5. The third kappa shape index (κ3) is 28.2. The second-order valence-corrected chi connectivity index (χ2v) is 24.6. The zero-order valence-corrected chi connectivity index (χ0v) is 55.2. The van der Waals surface area contributed by atoms with Crippen molar-refractivity contribution in [2.45, 2.75) is 66.0 Å². The molecule has 0 aliphatic rings. The highest BCUT2D eigenvalue weighted by Crippen LogP contribution is 2.31. The normalized spacial score (nSPS) is 10.3. The topological polar surface area (TPSA) is 388 Å². The fourth-order valence-electron chi connectivity index (χ4n) is 7.18. The number of hydrogen-bond donors (Lipinski definition) is 8. The Morgan fingerprint density at radius 3 is 1.21 bits per heavy atom. The molecule has 0 radical (unpaired) electrons. The number of rotatable bonds is 25. The molecule has 0 fully saturated rings. The number of nitrogens with zero attached hydrogens (tertiary/aromatic N) is 1. The molecule has 0 aliphatic carbocycles. The van der Waals surface area contributed by atoms with Crippen molar-refractivity contribution < 1.29 is 67.0 Å². The lowest BCUT2D eigenvalue weighted by Gasteiger charge is -2.15. The van der Waals surface area contributed by atoms with Gasteiger partial charge in [-0.2, -0.15) is 0 Å². The van der Waals surface area contributed by atoms with E-state index in [1.54, 1.807) is 171 Å². The molecule has 7 aromatic rings. The van der Waals surface area contributed by atoms with Crippen molar-refractivity contribution in [3.8, 4) is 11.5 Å². The number of thioether (sulfide) groups is 4. The van der Waals surface area contributed by atoms with E-state index in [9.17, 15) is 57.5 Å². The van der Waals surface area contributed by atoms with Crippen molar-refractivity contribution in [2.24, 2.45) is 28.3 Å². The molecule has 0 saturated carbocycles. The van der Waals surface area contributed by atoms with E-state index in [1.807, 2.05) is 20.8 Å². The number of pyridine rings is 1. The average Bonchev–Trinajstić information content (AvgIpc) is 0.949. The fourth-order valence-corrected chi connectivity index (χ4v) is 10.6. The predicted octanol–water partition coefficient (Wildman–Crippen LogP) is 8.04. The quantitative estimate of drug-likeness (QED) is 0.0251. The van der Waals surface area contributed by atoms with E-state index in [1.165, 1.54) is 13.3 Å². The first kappa shape index (κ1) is 76.4. The minimum atomic E-state index is -0.490. The number of nitrogens with one attached hydrogen (secondary N) is 4. The third-order valence-electron chi connectivity index (χ3n) is 12.1. The third-order valence-corrected chi connectivity index (χ3v) is 16.2. The average molecular weight is 1350 g/mol. The van der Waals surface area contributed by atoms with Gasteiger partial charge < -0.3 is 53.7 Å². The van der Waals surface area contributed by atoms with E-state index in [0.29, 0.717) is 65.1 Å². The molecular weight excluding hydrogens is 1280 g/mol. The number of primary amides is 4. The van der Waals surface area contributed by atoms with Gasteiger partial charge in [0, 0.05) is 117 Å². The van der Waals surface area contributed by atoms with Gasteiger partial charge in [0.05, 0.1) is 25.3 Å². The van der Waals surface area contributed by atoms with Crippen LogP contribution in [0.3, 0.4) is 0 Å². The highest BCUT2D eigenvalue weighted by molar-refractivity contribution is 8.15. The summed E-state index contributed by atoms with van der Waals surface area (Å²) in [5.41, 5.74) is 22.8. The summed E-state index contributed by atoms with van der Waals surface area (Å²) >= 11 is 4.08. The molecule has 27 heteroatoms. The second kappa shape index (κ2) is 40.0. The zero-order valence-electron chi connectivity index (χ0n) is 51.9. The van der Waals surface area contributed by atoms with Gasteiger partial charge in [-0.15, -0.1) is 0 Å². The van der Waals surface area contributed by atoms with Crippen LogP contribution in [0.4, 0.5) is 0 Å². The number of nitrogens with two attached hydrogens (primary N) is 4. The molecule has 1 heterocycles. The Morgan fingerprint density at radius 2 is 0.787 bits per heavy atom. The lowest BCUT2D eigenvalue weighted by molar-refractivity contribution is -0.118. The van der Waals surface area contributed by atoms with Gasteiger partial charge in [-0.25, -0.2) is 0 Å². The van der Waals surface area contributed by atoms with Gasteiger partial charge in [0.15, 0.2) is 5.12 Å². The fraction of sp³-hybridized carbons (Fsp3) is 0.209. The summed E-state index contributed by atoms with van der Waals surface area (Å²) in [6.07, 6.45) is 3.40.